The first kappa shape index (κ1) is 21.1. The molecule has 0 spiro atoms. The lowest BCUT2D eigenvalue weighted by Crippen LogP contribution is -2.26. The van der Waals surface area contributed by atoms with E-state index in [0.29, 0.717) is 40.4 Å². The summed E-state index contributed by atoms with van der Waals surface area (Å²) in [7, 11) is 0. The molecule has 0 aliphatic carbocycles. The molecule has 0 saturated carbocycles. The number of nitrogens with one attached hydrogen (secondary N) is 1. The largest absolute Gasteiger partial charge is 0.483 e. The van der Waals surface area contributed by atoms with Gasteiger partial charge in [-0.25, -0.2) is 0 Å². The van der Waals surface area contributed by atoms with Crippen LogP contribution in [0.15, 0.2) is 36.4 Å². The van der Waals surface area contributed by atoms with Gasteiger partial charge < -0.3 is 20.7 Å². The maximum atomic E-state index is 12.7. The second-order valence-electron chi connectivity index (χ2n) is 6.72. The van der Waals surface area contributed by atoms with Crippen molar-refractivity contribution in [3.8, 4) is 11.8 Å². The van der Waals surface area contributed by atoms with Gasteiger partial charge in [-0.05, 0) is 36.8 Å². The number of rotatable bonds is 7. The smallest absolute Gasteiger partial charge is 0.255 e. The molecule has 2 aromatic carbocycles. The van der Waals surface area contributed by atoms with Crippen LogP contribution in [0.25, 0.3) is 0 Å². The number of halogens is 1. The van der Waals surface area contributed by atoms with Gasteiger partial charge in [0.05, 0.1) is 11.6 Å². The first-order valence-corrected chi connectivity index (χ1v) is 9.58. The average Bonchev–Trinajstić information content (AvgIpc) is 3.16. The van der Waals surface area contributed by atoms with Crippen LogP contribution in [0.5, 0.6) is 5.75 Å². The number of nitrogens with two attached hydrogens (primary N) is 1. The fraction of sp³-hybridized carbons (Fsp3) is 0.238. The molecule has 3 N–H and O–H groups in total. The number of anilines is 1. The van der Waals surface area contributed by atoms with Crippen LogP contribution in [0.4, 0.5) is 5.69 Å². The van der Waals surface area contributed by atoms with E-state index in [1.165, 1.54) is 12.1 Å². The van der Waals surface area contributed by atoms with Crippen molar-refractivity contribution in [3.63, 3.8) is 0 Å². The SMILES string of the molecule is N#Cc1ccc(CNC(=O)c2cc(Cl)cc(N3CCCC3=O)c2)c(OCC(N)=O)c1. The van der Waals surface area contributed by atoms with Crippen LogP contribution >= 0.6 is 11.6 Å². The molecule has 8 nitrogen and oxygen atoms in total. The molecule has 1 aliphatic heterocycles. The number of nitriles is 1. The van der Waals surface area contributed by atoms with Gasteiger partial charge >= 0.3 is 0 Å². The van der Waals surface area contributed by atoms with Crippen molar-refractivity contribution in [2.24, 2.45) is 5.73 Å². The molecule has 0 radical (unpaired) electrons. The summed E-state index contributed by atoms with van der Waals surface area (Å²) in [6, 6.07) is 11.5. The molecule has 154 valence electrons. The minimum absolute atomic E-state index is 0.00236. The molecule has 1 aliphatic rings. The third-order valence-corrected chi connectivity index (χ3v) is 4.75. The number of amides is 3. The number of hydrogen-bond acceptors (Lipinski definition) is 5. The van der Waals surface area contributed by atoms with Gasteiger partial charge in [0.2, 0.25) is 5.91 Å². The zero-order valence-electron chi connectivity index (χ0n) is 16.0. The molecule has 1 saturated heterocycles. The molecule has 3 rings (SSSR count). The highest BCUT2D eigenvalue weighted by atomic mass is 35.5. The van der Waals surface area contributed by atoms with Crippen molar-refractivity contribution in [3.05, 3.63) is 58.1 Å². The molecule has 0 unspecified atom stereocenters. The van der Waals surface area contributed by atoms with Gasteiger partial charge in [0, 0.05) is 41.3 Å². The number of nitrogens with zero attached hydrogens (tertiary/aromatic N) is 2. The van der Waals surface area contributed by atoms with E-state index in [2.05, 4.69) is 5.32 Å². The summed E-state index contributed by atoms with van der Waals surface area (Å²) in [5, 5.41) is 12.2. The number of carbonyl (C=O) groups excluding carboxylic acids is 3. The maximum Gasteiger partial charge on any atom is 0.255 e. The third-order valence-electron chi connectivity index (χ3n) is 4.54. The maximum absolute atomic E-state index is 12.7. The van der Waals surface area contributed by atoms with Gasteiger partial charge in [0.25, 0.3) is 11.8 Å². The van der Waals surface area contributed by atoms with Crippen molar-refractivity contribution >= 4 is 35.0 Å². The van der Waals surface area contributed by atoms with Crippen molar-refractivity contribution in [2.75, 3.05) is 18.1 Å². The Balaban J connectivity index is 1.76. The monoisotopic (exact) mass is 426 g/mol. The van der Waals surface area contributed by atoms with E-state index in [-0.39, 0.29) is 24.8 Å². The predicted octanol–water partition coefficient (Wildman–Crippen LogP) is 2.13. The predicted molar refractivity (Wildman–Crippen MR) is 110 cm³/mol. The van der Waals surface area contributed by atoms with Gasteiger partial charge in [-0.3, -0.25) is 14.4 Å². The summed E-state index contributed by atoms with van der Waals surface area (Å²) in [6.45, 7) is 0.326. The molecule has 0 bridgehead atoms. The quantitative estimate of drug-likeness (QED) is 0.701. The number of benzene rings is 2. The topological polar surface area (TPSA) is 126 Å². The highest BCUT2D eigenvalue weighted by Crippen LogP contribution is 2.27. The van der Waals surface area contributed by atoms with Gasteiger partial charge in [-0.15, -0.1) is 0 Å². The first-order chi connectivity index (χ1) is 14.4. The minimum Gasteiger partial charge on any atom is -0.483 e. The third kappa shape index (κ3) is 5.07. The molecule has 9 heteroatoms. The fourth-order valence-electron chi connectivity index (χ4n) is 3.11. The van der Waals surface area contributed by atoms with Crippen LogP contribution in [0.1, 0.15) is 34.3 Å². The molecular formula is C21H19ClN4O4. The van der Waals surface area contributed by atoms with Crippen LogP contribution < -0.4 is 20.7 Å². The first-order valence-electron chi connectivity index (χ1n) is 9.20. The minimum atomic E-state index is -0.657. The van der Waals surface area contributed by atoms with Crippen molar-refractivity contribution < 1.29 is 19.1 Å². The normalized spacial score (nSPS) is 13.1. The lowest BCUT2D eigenvalue weighted by atomic mass is 10.1. The van der Waals surface area contributed by atoms with E-state index in [0.717, 1.165) is 6.42 Å². The standard InChI is InChI=1S/C21H19ClN4O4/c22-16-7-15(8-17(9-16)26-5-1-2-20(26)28)21(29)25-11-14-4-3-13(10-23)6-18(14)30-12-19(24)27/h3-4,6-9H,1-2,5,11-12H2,(H2,24,27)(H,25,29). The Labute approximate surface area is 178 Å². The van der Waals surface area contributed by atoms with Gasteiger partial charge in [0.15, 0.2) is 6.61 Å². The van der Waals surface area contributed by atoms with Crippen LogP contribution in [-0.4, -0.2) is 30.9 Å². The van der Waals surface area contributed by atoms with Gasteiger partial charge in [0.1, 0.15) is 5.75 Å². The van der Waals surface area contributed by atoms with Crippen LogP contribution in [0, 0.1) is 11.3 Å². The Kier molecular flexibility index (Phi) is 6.54. The van der Waals surface area contributed by atoms with Crippen LogP contribution in [-0.2, 0) is 16.1 Å². The summed E-state index contributed by atoms with van der Waals surface area (Å²) in [5.41, 5.74) is 6.92. The fourth-order valence-corrected chi connectivity index (χ4v) is 3.34. The van der Waals surface area contributed by atoms with Gasteiger partial charge in [-0.2, -0.15) is 5.26 Å². The lowest BCUT2D eigenvalue weighted by Gasteiger charge is -2.17. The zero-order valence-corrected chi connectivity index (χ0v) is 16.7. The Bertz CT molecular complexity index is 1050. The van der Waals surface area contributed by atoms with Crippen molar-refractivity contribution in [1.29, 1.82) is 5.26 Å². The summed E-state index contributed by atoms with van der Waals surface area (Å²) in [6.07, 6.45) is 1.24. The molecule has 1 heterocycles. The Morgan fingerprint density at radius 1 is 1.27 bits per heavy atom. The molecule has 0 atom stereocenters. The summed E-state index contributed by atoms with van der Waals surface area (Å²) < 4.78 is 5.35. The van der Waals surface area contributed by atoms with Crippen molar-refractivity contribution in [2.45, 2.75) is 19.4 Å². The van der Waals surface area contributed by atoms with Crippen LogP contribution in [0.2, 0.25) is 5.02 Å². The van der Waals surface area contributed by atoms with E-state index >= 15 is 0 Å². The highest BCUT2D eigenvalue weighted by molar-refractivity contribution is 6.31. The van der Waals surface area contributed by atoms with E-state index < -0.39 is 11.8 Å². The van der Waals surface area contributed by atoms with Crippen molar-refractivity contribution in [1.82, 2.24) is 5.32 Å². The number of primary amides is 1. The Hall–Kier alpha value is -3.57. The number of hydrogen-bond donors (Lipinski definition) is 2. The molecule has 0 aromatic heterocycles. The summed E-state index contributed by atoms with van der Waals surface area (Å²) >= 11 is 6.15. The average molecular weight is 427 g/mol. The summed E-state index contributed by atoms with van der Waals surface area (Å²) in [5.74, 6) is -0.772. The molecule has 30 heavy (non-hydrogen) atoms. The summed E-state index contributed by atoms with van der Waals surface area (Å²) in [4.78, 5) is 37.3. The van der Waals surface area contributed by atoms with E-state index in [9.17, 15) is 14.4 Å². The van der Waals surface area contributed by atoms with E-state index in [1.807, 2.05) is 6.07 Å². The Morgan fingerprint density at radius 2 is 2.07 bits per heavy atom. The number of carbonyl (C=O) groups is 3. The lowest BCUT2D eigenvalue weighted by molar-refractivity contribution is -0.120. The second-order valence-corrected chi connectivity index (χ2v) is 7.16. The second kappa shape index (κ2) is 9.29. The molecule has 1 fully saturated rings. The van der Waals surface area contributed by atoms with E-state index in [4.69, 9.17) is 27.3 Å². The molecular weight excluding hydrogens is 408 g/mol. The highest BCUT2D eigenvalue weighted by Gasteiger charge is 2.23. The zero-order chi connectivity index (χ0) is 21.7. The molecule has 2 aromatic rings. The molecule has 3 amide bonds. The van der Waals surface area contributed by atoms with Gasteiger partial charge in [-0.1, -0.05) is 17.7 Å². The van der Waals surface area contributed by atoms with E-state index in [1.54, 1.807) is 29.2 Å². The number of ether oxygens (including phenoxy) is 1. The van der Waals surface area contributed by atoms with Crippen LogP contribution in [0.3, 0.4) is 0 Å². The Morgan fingerprint density at radius 3 is 2.73 bits per heavy atom.